The first-order chi connectivity index (χ1) is 9.52. The first kappa shape index (κ1) is 15.2. The molecule has 1 aliphatic rings. The van der Waals surface area contributed by atoms with Gasteiger partial charge in [-0.05, 0) is 32.5 Å². The summed E-state index contributed by atoms with van der Waals surface area (Å²) >= 11 is 0. The molecule has 5 nitrogen and oxygen atoms in total. The van der Waals surface area contributed by atoms with E-state index in [4.69, 9.17) is 0 Å². The highest BCUT2D eigenvalue weighted by molar-refractivity contribution is 5.02. The van der Waals surface area contributed by atoms with Crippen LogP contribution in [0.25, 0.3) is 0 Å². The second kappa shape index (κ2) is 6.53. The highest BCUT2D eigenvalue weighted by Crippen LogP contribution is 2.29. The van der Waals surface area contributed by atoms with Gasteiger partial charge in [0.1, 0.15) is 5.82 Å². The number of nitrogens with one attached hydrogen (secondary N) is 1. The molecule has 1 N–H and O–H groups in total. The van der Waals surface area contributed by atoms with Gasteiger partial charge in [0.25, 0.3) is 0 Å². The Hall–Kier alpha value is -1.15. The zero-order valence-corrected chi connectivity index (χ0v) is 11.6. The molecule has 1 aliphatic heterocycles. The van der Waals surface area contributed by atoms with Crippen LogP contribution in [0.4, 0.5) is 13.2 Å². The van der Waals surface area contributed by atoms with E-state index < -0.39 is 12.0 Å². The SMILES string of the molecule is CCNCCCCN1CCn2c(nnc2C(F)(F)F)C1. The fourth-order valence-corrected chi connectivity index (χ4v) is 2.37. The Kier molecular flexibility index (Phi) is 4.98. The monoisotopic (exact) mass is 291 g/mol. The van der Waals surface area contributed by atoms with E-state index in [1.165, 1.54) is 4.57 Å². The molecule has 2 heterocycles. The molecule has 8 heteroatoms. The van der Waals surface area contributed by atoms with Crippen LogP contribution >= 0.6 is 0 Å². The van der Waals surface area contributed by atoms with Crippen molar-refractivity contribution < 1.29 is 13.2 Å². The summed E-state index contributed by atoms with van der Waals surface area (Å²) in [6, 6.07) is 0. The maximum absolute atomic E-state index is 12.7. The zero-order valence-electron chi connectivity index (χ0n) is 11.6. The van der Waals surface area contributed by atoms with Crippen molar-refractivity contribution in [3.8, 4) is 0 Å². The van der Waals surface area contributed by atoms with Crippen molar-refractivity contribution in [2.75, 3.05) is 26.2 Å². The van der Waals surface area contributed by atoms with Gasteiger partial charge in [0.2, 0.25) is 5.82 Å². The van der Waals surface area contributed by atoms with Gasteiger partial charge in [-0.2, -0.15) is 13.2 Å². The number of aromatic nitrogens is 3. The maximum Gasteiger partial charge on any atom is 0.451 e. The molecule has 0 bridgehead atoms. The van der Waals surface area contributed by atoms with E-state index in [1.54, 1.807) is 0 Å². The fraction of sp³-hybridized carbons (Fsp3) is 0.833. The van der Waals surface area contributed by atoms with Crippen LogP contribution in [-0.4, -0.2) is 45.8 Å². The minimum Gasteiger partial charge on any atom is -0.317 e. The Bertz CT molecular complexity index is 429. The molecule has 20 heavy (non-hydrogen) atoms. The molecule has 1 aromatic rings. The van der Waals surface area contributed by atoms with Crippen LogP contribution in [-0.2, 0) is 19.3 Å². The molecular weight excluding hydrogens is 271 g/mol. The molecule has 0 saturated carbocycles. The number of rotatable bonds is 6. The summed E-state index contributed by atoms with van der Waals surface area (Å²) in [4.78, 5) is 2.14. The molecule has 0 unspecified atom stereocenters. The quantitative estimate of drug-likeness (QED) is 0.807. The van der Waals surface area contributed by atoms with Gasteiger partial charge < -0.3 is 9.88 Å². The number of alkyl halides is 3. The third-order valence-electron chi connectivity index (χ3n) is 3.41. The number of nitrogens with zero attached hydrogens (tertiary/aromatic N) is 4. The fourth-order valence-electron chi connectivity index (χ4n) is 2.37. The Morgan fingerprint density at radius 2 is 2.00 bits per heavy atom. The topological polar surface area (TPSA) is 46.0 Å². The van der Waals surface area contributed by atoms with Gasteiger partial charge in [-0.3, -0.25) is 4.90 Å². The molecule has 0 fully saturated rings. The molecule has 0 amide bonds. The molecule has 0 radical (unpaired) electrons. The van der Waals surface area contributed by atoms with Crippen LogP contribution in [0.1, 0.15) is 31.4 Å². The van der Waals surface area contributed by atoms with Crippen LogP contribution in [0.3, 0.4) is 0 Å². The van der Waals surface area contributed by atoms with E-state index >= 15 is 0 Å². The zero-order chi connectivity index (χ0) is 14.6. The van der Waals surface area contributed by atoms with Crippen molar-refractivity contribution in [3.05, 3.63) is 11.6 Å². The summed E-state index contributed by atoms with van der Waals surface area (Å²) < 4.78 is 39.2. The molecule has 1 aromatic heterocycles. The lowest BCUT2D eigenvalue weighted by Gasteiger charge is -2.27. The summed E-state index contributed by atoms with van der Waals surface area (Å²) in [5.74, 6) is -0.463. The van der Waals surface area contributed by atoms with Crippen molar-refractivity contribution >= 4 is 0 Å². The normalized spacial score (nSPS) is 16.4. The predicted octanol–water partition coefficient (Wildman–Crippen LogP) is 1.50. The van der Waals surface area contributed by atoms with Crippen molar-refractivity contribution in [3.63, 3.8) is 0 Å². The Labute approximate surface area is 116 Å². The summed E-state index contributed by atoms with van der Waals surface area (Å²) in [6.45, 7) is 6.28. The van der Waals surface area contributed by atoms with Crippen molar-refractivity contribution in [1.82, 2.24) is 25.0 Å². The average Bonchev–Trinajstić information content (AvgIpc) is 2.81. The smallest absolute Gasteiger partial charge is 0.317 e. The lowest BCUT2D eigenvalue weighted by atomic mass is 10.2. The molecule has 0 saturated heterocycles. The Balaban J connectivity index is 1.84. The summed E-state index contributed by atoms with van der Waals surface area (Å²) in [6.07, 6.45) is -2.31. The number of hydrogen-bond acceptors (Lipinski definition) is 4. The third kappa shape index (κ3) is 3.69. The minimum atomic E-state index is -4.42. The van der Waals surface area contributed by atoms with Crippen LogP contribution in [0.5, 0.6) is 0 Å². The number of hydrogen-bond donors (Lipinski definition) is 1. The second-order valence-electron chi connectivity index (χ2n) is 4.93. The van der Waals surface area contributed by atoms with Gasteiger partial charge in [0.15, 0.2) is 0 Å². The Morgan fingerprint density at radius 1 is 1.20 bits per heavy atom. The number of fused-ring (bicyclic) bond motifs is 1. The van der Waals surface area contributed by atoms with Crippen molar-refractivity contribution in [1.29, 1.82) is 0 Å². The molecule has 114 valence electrons. The lowest BCUT2D eigenvalue weighted by Crippen LogP contribution is -2.36. The van der Waals surface area contributed by atoms with Gasteiger partial charge in [-0.15, -0.1) is 10.2 Å². The lowest BCUT2D eigenvalue weighted by molar-refractivity contribution is -0.148. The van der Waals surface area contributed by atoms with Crippen LogP contribution in [0.15, 0.2) is 0 Å². The molecule has 0 aliphatic carbocycles. The van der Waals surface area contributed by atoms with Crippen LogP contribution < -0.4 is 5.32 Å². The van der Waals surface area contributed by atoms with E-state index in [9.17, 15) is 13.2 Å². The van der Waals surface area contributed by atoms with Crippen molar-refractivity contribution in [2.24, 2.45) is 0 Å². The maximum atomic E-state index is 12.7. The van der Waals surface area contributed by atoms with Crippen LogP contribution in [0.2, 0.25) is 0 Å². The van der Waals surface area contributed by atoms with E-state index in [-0.39, 0.29) is 0 Å². The number of halogens is 3. The summed E-state index contributed by atoms with van der Waals surface area (Å²) in [7, 11) is 0. The molecule has 0 aromatic carbocycles. The van der Waals surface area contributed by atoms with E-state index in [2.05, 4.69) is 27.3 Å². The predicted molar refractivity (Wildman–Crippen MR) is 68.1 cm³/mol. The standard InChI is InChI=1S/C12H20F3N5/c1-2-16-5-3-4-6-19-7-8-20-10(9-19)17-18-11(20)12(13,14)15/h16H,2-9H2,1H3. The van der Waals surface area contributed by atoms with E-state index in [0.29, 0.717) is 25.5 Å². The third-order valence-corrected chi connectivity index (χ3v) is 3.41. The summed E-state index contributed by atoms with van der Waals surface area (Å²) in [5.41, 5.74) is 0. The largest absolute Gasteiger partial charge is 0.451 e. The molecule has 0 spiro atoms. The van der Waals surface area contributed by atoms with Crippen molar-refractivity contribution in [2.45, 2.75) is 39.0 Å². The van der Waals surface area contributed by atoms with Gasteiger partial charge in [-0.1, -0.05) is 6.92 Å². The van der Waals surface area contributed by atoms with Gasteiger partial charge in [0.05, 0.1) is 6.54 Å². The molecular formula is C12H20F3N5. The van der Waals surface area contributed by atoms with E-state index in [0.717, 1.165) is 32.5 Å². The van der Waals surface area contributed by atoms with Crippen LogP contribution in [0, 0.1) is 0 Å². The minimum absolute atomic E-state index is 0.310. The molecule has 0 atom stereocenters. The number of unbranched alkanes of at least 4 members (excludes halogenated alkanes) is 1. The summed E-state index contributed by atoms with van der Waals surface area (Å²) in [5, 5.41) is 10.2. The highest BCUT2D eigenvalue weighted by atomic mass is 19.4. The van der Waals surface area contributed by atoms with Gasteiger partial charge in [0, 0.05) is 13.1 Å². The second-order valence-corrected chi connectivity index (χ2v) is 4.93. The van der Waals surface area contributed by atoms with Gasteiger partial charge in [-0.25, -0.2) is 0 Å². The first-order valence-corrected chi connectivity index (χ1v) is 6.94. The molecule has 2 rings (SSSR count). The Morgan fingerprint density at radius 3 is 2.70 bits per heavy atom. The highest BCUT2D eigenvalue weighted by Gasteiger charge is 2.39. The first-order valence-electron chi connectivity index (χ1n) is 6.94. The average molecular weight is 291 g/mol. The van der Waals surface area contributed by atoms with E-state index in [1.807, 2.05) is 0 Å². The van der Waals surface area contributed by atoms with Gasteiger partial charge >= 0.3 is 6.18 Å².